The van der Waals surface area contributed by atoms with Crippen molar-refractivity contribution in [2.75, 3.05) is 0 Å². The monoisotopic (exact) mass is 302 g/mol. The second kappa shape index (κ2) is 6.20. The number of fused-ring (bicyclic) bond motifs is 1. The first-order valence-electron chi connectivity index (χ1n) is 8.61. The first-order chi connectivity index (χ1) is 11.0. The van der Waals surface area contributed by atoms with E-state index in [0.29, 0.717) is 11.8 Å². The summed E-state index contributed by atoms with van der Waals surface area (Å²) in [5.41, 5.74) is 7.07. The minimum atomic E-state index is 0.523. The van der Waals surface area contributed by atoms with E-state index in [1.165, 1.54) is 38.6 Å². The highest BCUT2D eigenvalue weighted by atomic mass is 14.2. The molecule has 0 N–H and O–H groups in total. The highest BCUT2D eigenvalue weighted by molar-refractivity contribution is 5.88. The summed E-state index contributed by atoms with van der Waals surface area (Å²) in [7, 11) is 0. The second-order valence-corrected chi connectivity index (χ2v) is 7.19. The molecule has 0 heteroatoms. The third-order valence-electron chi connectivity index (χ3n) is 4.62. The molecule has 0 radical (unpaired) electrons. The van der Waals surface area contributed by atoms with E-state index in [0.717, 1.165) is 0 Å². The number of hydrogen-bond donors (Lipinski definition) is 0. The predicted molar refractivity (Wildman–Crippen MR) is 102 cm³/mol. The quantitative estimate of drug-likeness (QED) is 0.485. The van der Waals surface area contributed by atoms with Crippen LogP contribution in [0.2, 0.25) is 0 Å². The zero-order valence-electron chi connectivity index (χ0n) is 14.9. The van der Waals surface area contributed by atoms with Crippen LogP contribution in [-0.4, -0.2) is 0 Å². The molecular formula is C23H26. The van der Waals surface area contributed by atoms with Crippen molar-refractivity contribution in [1.82, 2.24) is 0 Å². The summed E-state index contributed by atoms with van der Waals surface area (Å²) >= 11 is 0. The van der Waals surface area contributed by atoms with Gasteiger partial charge in [0.05, 0.1) is 0 Å². The van der Waals surface area contributed by atoms with Crippen molar-refractivity contribution in [1.29, 1.82) is 0 Å². The lowest BCUT2D eigenvalue weighted by atomic mass is 9.83. The van der Waals surface area contributed by atoms with Crippen molar-refractivity contribution in [3.05, 3.63) is 71.3 Å². The summed E-state index contributed by atoms with van der Waals surface area (Å²) in [6.07, 6.45) is 0. The van der Waals surface area contributed by atoms with Gasteiger partial charge in [0.15, 0.2) is 0 Å². The third-order valence-corrected chi connectivity index (χ3v) is 4.62. The fraction of sp³-hybridized carbons (Fsp3) is 0.304. The van der Waals surface area contributed by atoms with Gasteiger partial charge in [-0.2, -0.15) is 0 Å². The van der Waals surface area contributed by atoms with Crippen LogP contribution < -0.4 is 0 Å². The van der Waals surface area contributed by atoms with Gasteiger partial charge in [-0.15, -0.1) is 0 Å². The molecule has 0 atom stereocenters. The summed E-state index contributed by atoms with van der Waals surface area (Å²) < 4.78 is 0. The number of benzene rings is 3. The minimum absolute atomic E-state index is 0.523. The van der Waals surface area contributed by atoms with Crippen molar-refractivity contribution in [3.8, 4) is 11.1 Å². The Kier molecular flexibility index (Phi) is 4.26. The molecule has 0 heterocycles. The molecule has 3 aromatic carbocycles. The predicted octanol–water partition coefficient (Wildman–Crippen LogP) is 7.06. The maximum absolute atomic E-state index is 2.37. The van der Waals surface area contributed by atoms with Crippen molar-refractivity contribution in [3.63, 3.8) is 0 Å². The van der Waals surface area contributed by atoms with Crippen LogP contribution in [0.25, 0.3) is 21.9 Å². The van der Waals surface area contributed by atoms with E-state index in [2.05, 4.69) is 89.2 Å². The lowest BCUT2D eigenvalue weighted by Crippen LogP contribution is -2.02. The van der Waals surface area contributed by atoms with E-state index < -0.39 is 0 Å². The summed E-state index contributed by atoms with van der Waals surface area (Å²) in [6.45, 7) is 11.4. The Morgan fingerprint density at radius 3 is 2.04 bits per heavy atom. The van der Waals surface area contributed by atoms with Gasteiger partial charge in [0.2, 0.25) is 0 Å². The Balaban J connectivity index is 2.28. The summed E-state index contributed by atoms with van der Waals surface area (Å²) in [4.78, 5) is 0. The molecule has 23 heavy (non-hydrogen) atoms. The molecule has 0 saturated heterocycles. The molecule has 0 aromatic heterocycles. The van der Waals surface area contributed by atoms with Crippen LogP contribution in [0, 0.1) is 6.92 Å². The largest absolute Gasteiger partial charge is 0.0616 e. The molecule has 0 fully saturated rings. The average molecular weight is 302 g/mol. The van der Waals surface area contributed by atoms with E-state index in [4.69, 9.17) is 0 Å². The average Bonchev–Trinajstić information content (AvgIpc) is 2.53. The second-order valence-electron chi connectivity index (χ2n) is 7.19. The van der Waals surface area contributed by atoms with Gasteiger partial charge >= 0.3 is 0 Å². The first-order valence-corrected chi connectivity index (χ1v) is 8.61. The molecule has 0 aliphatic rings. The van der Waals surface area contributed by atoms with Crippen LogP contribution in [0.15, 0.2) is 54.6 Å². The SMILES string of the molecule is Cc1cc(-c2ccc3ccccc3c2)c(C(C)C)c(C(C)C)c1. The Morgan fingerprint density at radius 2 is 1.39 bits per heavy atom. The lowest BCUT2D eigenvalue weighted by Gasteiger charge is -2.22. The molecular weight excluding hydrogens is 276 g/mol. The van der Waals surface area contributed by atoms with E-state index in [1.54, 1.807) is 0 Å². The van der Waals surface area contributed by atoms with Crippen LogP contribution in [0.5, 0.6) is 0 Å². The molecule has 0 saturated carbocycles. The van der Waals surface area contributed by atoms with Gasteiger partial charge < -0.3 is 0 Å². The van der Waals surface area contributed by atoms with E-state index in [1.807, 2.05) is 0 Å². The normalized spacial score (nSPS) is 11.6. The molecule has 0 spiro atoms. The molecule has 0 aliphatic carbocycles. The Labute approximate surface area is 140 Å². The van der Waals surface area contributed by atoms with Gasteiger partial charge in [-0.25, -0.2) is 0 Å². The molecule has 0 aliphatic heterocycles. The van der Waals surface area contributed by atoms with Crippen molar-refractivity contribution in [2.24, 2.45) is 0 Å². The highest BCUT2D eigenvalue weighted by Crippen LogP contribution is 2.37. The number of aryl methyl sites for hydroxylation is 1. The van der Waals surface area contributed by atoms with Crippen molar-refractivity contribution >= 4 is 10.8 Å². The molecule has 0 nitrogen and oxygen atoms in total. The van der Waals surface area contributed by atoms with Gasteiger partial charge in [0.1, 0.15) is 0 Å². The van der Waals surface area contributed by atoms with Crippen molar-refractivity contribution < 1.29 is 0 Å². The molecule has 0 bridgehead atoms. The topological polar surface area (TPSA) is 0 Å². The van der Waals surface area contributed by atoms with E-state index in [9.17, 15) is 0 Å². The van der Waals surface area contributed by atoms with Crippen LogP contribution in [-0.2, 0) is 0 Å². The Hall–Kier alpha value is -2.08. The van der Waals surface area contributed by atoms with E-state index >= 15 is 0 Å². The van der Waals surface area contributed by atoms with Gasteiger partial charge in [-0.05, 0) is 57.9 Å². The van der Waals surface area contributed by atoms with Crippen LogP contribution in [0.3, 0.4) is 0 Å². The fourth-order valence-corrected chi connectivity index (χ4v) is 3.54. The summed E-state index contributed by atoms with van der Waals surface area (Å²) in [5.74, 6) is 1.07. The Morgan fingerprint density at radius 1 is 0.696 bits per heavy atom. The highest BCUT2D eigenvalue weighted by Gasteiger charge is 2.16. The van der Waals surface area contributed by atoms with Gasteiger partial charge in [-0.3, -0.25) is 0 Å². The maximum atomic E-state index is 2.37. The first kappa shape index (κ1) is 15.8. The molecule has 0 unspecified atom stereocenters. The fourth-order valence-electron chi connectivity index (χ4n) is 3.54. The van der Waals surface area contributed by atoms with Gasteiger partial charge in [-0.1, -0.05) is 81.8 Å². The van der Waals surface area contributed by atoms with Gasteiger partial charge in [0, 0.05) is 0 Å². The molecule has 118 valence electrons. The van der Waals surface area contributed by atoms with E-state index in [-0.39, 0.29) is 0 Å². The van der Waals surface area contributed by atoms with Crippen molar-refractivity contribution in [2.45, 2.75) is 46.5 Å². The number of hydrogen-bond acceptors (Lipinski definition) is 0. The standard InChI is InChI=1S/C23H26/c1-15(2)21-12-17(5)13-22(23(21)16(3)4)20-11-10-18-8-6-7-9-19(18)14-20/h6-16H,1-5H3. The van der Waals surface area contributed by atoms with Crippen LogP contribution in [0.4, 0.5) is 0 Å². The van der Waals surface area contributed by atoms with Gasteiger partial charge in [0.25, 0.3) is 0 Å². The van der Waals surface area contributed by atoms with Crippen LogP contribution >= 0.6 is 0 Å². The zero-order valence-corrected chi connectivity index (χ0v) is 14.9. The Bertz CT molecular complexity index is 838. The number of rotatable bonds is 3. The minimum Gasteiger partial charge on any atom is -0.0616 e. The summed E-state index contributed by atoms with van der Waals surface area (Å²) in [5, 5.41) is 2.62. The van der Waals surface area contributed by atoms with Crippen LogP contribution in [0.1, 0.15) is 56.2 Å². The molecule has 3 aromatic rings. The third kappa shape index (κ3) is 3.03. The molecule has 3 rings (SSSR count). The maximum Gasteiger partial charge on any atom is -0.0144 e. The summed E-state index contributed by atoms with van der Waals surface area (Å²) in [6, 6.07) is 20.2. The zero-order chi connectivity index (χ0) is 16.6. The lowest BCUT2D eigenvalue weighted by molar-refractivity contribution is 0.790. The molecule has 0 amide bonds. The smallest absolute Gasteiger partial charge is 0.0144 e.